The number of nitrogens with zero attached hydrogens (tertiary/aromatic N) is 2. The fraction of sp³-hybridized carbons (Fsp3) is 0.478. The van der Waals surface area contributed by atoms with E-state index in [0.717, 1.165) is 37.6 Å². The van der Waals surface area contributed by atoms with Crippen molar-refractivity contribution in [1.82, 2.24) is 4.90 Å². The fourth-order valence-corrected chi connectivity index (χ4v) is 4.88. The van der Waals surface area contributed by atoms with Crippen LogP contribution in [0.25, 0.3) is 0 Å². The molecule has 3 nitrogen and oxygen atoms in total. The molecular formula is C23H31Cl2FN2O. The number of methoxy groups -OCH3 is 1. The molecule has 2 aromatic carbocycles. The zero-order valence-corrected chi connectivity index (χ0v) is 18.6. The summed E-state index contributed by atoms with van der Waals surface area (Å²) >= 11 is 0. The smallest absolute Gasteiger partial charge is 0.123 e. The van der Waals surface area contributed by atoms with Crippen LogP contribution in [0.3, 0.4) is 0 Å². The van der Waals surface area contributed by atoms with E-state index in [1.165, 1.54) is 37.7 Å². The minimum atomic E-state index is -0.170. The Morgan fingerprint density at radius 3 is 2.14 bits per heavy atom. The lowest BCUT2D eigenvalue weighted by atomic mass is 9.75. The molecule has 0 radical (unpaired) electrons. The molecular weight excluding hydrogens is 410 g/mol. The molecule has 160 valence electrons. The summed E-state index contributed by atoms with van der Waals surface area (Å²) in [5.74, 6) is 0.777. The summed E-state index contributed by atoms with van der Waals surface area (Å²) in [6, 6.07) is 15.6. The Hall–Kier alpha value is -1.49. The van der Waals surface area contributed by atoms with Gasteiger partial charge in [-0.3, -0.25) is 4.90 Å². The molecule has 1 saturated heterocycles. The normalized spacial score (nSPS) is 19.0. The van der Waals surface area contributed by atoms with Crippen molar-refractivity contribution in [3.05, 3.63) is 59.9 Å². The molecule has 2 fully saturated rings. The van der Waals surface area contributed by atoms with Crippen LogP contribution in [0, 0.1) is 5.82 Å². The van der Waals surface area contributed by atoms with Crippen LogP contribution >= 0.6 is 24.8 Å². The largest absolute Gasteiger partial charge is 0.497 e. The van der Waals surface area contributed by atoms with Crippen LogP contribution in [-0.2, 0) is 5.54 Å². The number of hydrogen-bond acceptors (Lipinski definition) is 3. The molecule has 29 heavy (non-hydrogen) atoms. The predicted molar refractivity (Wildman–Crippen MR) is 122 cm³/mol. The van der Waals surface area contributed by atoms with Crippen molar-refractivity contribution >= 4 is 30.5 Å². The third-order valence-electron chi connectivity index (χ3n) is 6.36. The van der Waals surface area contributed by atoms with Gasteiger partial charge in [-0.15, -0.1) is 24.8 Å². The molecule has 0 atom stereocenters. The number of hydrogen-bond donors (Lipinski definition) is 0. The number of rotatable bonds is 4. The van der Waals surface area contributed by atoms with Gasteiger partial charge in [0, 0.05) is 37.4 Å². The van der Waals surface area contributed by atoms with Crippen molar-refractivity contribution in [2.75, 3.05) is 38.2 Å². The molecule has 0 bridgehead atoms. The van der Waals surface area contributed by atoms with Crippen LogP contribution in [0.2, 0.25) is 0 Å². The molecule has 4 rings (SSSR count). The minimum absolute atomic E-state index is 0. The number of anilines is 1. The molecule has 2 aliphatic rings. The zero-order valence-electron chi connectivity index (χ0n) is 17.0. The lowest BCUT2D eigenvalue weighted by Gasteiger charge is -2.50. The monoisotopic (exact) mass is 440 g/mol. The molecule has 0 spiro atoms. The number of ether oxygens (including phenoxy) is 1. The third kappa shape index (κ3) is 4.99. The Morgan fingerprint density at radius 2 is 1.52 bits per heavy atom. The quantitative estimate of drug-likeness (QED) is 0.609. The van der Waals surface area contributed by atoms with Crippen LogP contribution in [0.15, 0.2) is 48.5 Å². The topological polar surface area (TPSA) is 15.7 Å². The lowest BCUT2D eigenvalue weighted by molar-refractivity contribution is 0.0415. The van der Waals surface area contributed by atoms with Crippen molar-refractivity contribution in [3.8, 4) is 5.75 Å². The standard InChI is InChI=1S/C23H29FN2O.2ClH/c1-27-22-7-5-6-19(18-22)23(12-3-2-4-13-23)26-16-14-25(15-17-26)21-10-8-20(24)9-11-21;;/h5-11,18H,2-4,12-17H2,1H3;2*1H. The molecule has 1 aliphatic carbocycles. The van der Waals surface area contributed by atoms with E-state index in [0.29, 0.717) is 0 Å². The first kappa shape index (κ1) is 23.8. The highest BCUT2D eigenvalue weighted by molar-refractivity contribution is 5.85. The molecule has 0 aromatic heterocycles. The third-order valence-corrected chi connectivity index (χ3v) is 6.36. The van der Waals surface area contributed by atoms with E-state index < -0.39 is 0 Å². The number of halogens is 3. The SMILES string of the molecule is COc1cccc(C2(N3CCN(c4ccc(F)cc4)CC3)CCCCC2)c1.Cl.Cl. The van der Waals surface area contributed by atoms with E-state index in [-0.39, 0.29) is 36.2 Å². The van der Waals surface area contributed by atoms with Gasteiger partial charge in [0.1, 0.15) is 11.6 Å². The first-order valence-corrected chi connectivity index (χ1v) is 10.1. The second kappa shape index (κ2) is 10.5. The molecule has 0 N–H and O–H groups in total. The van der Waals surface area contributed by atoms with E-state index in [1.54, 1.807) is 19.2 Å². The van der Waals surface area contributed by atoms with Crippen molar-refractivity contribution in [2.45, 2.75) is 37.6 Å². The zero-order chi connectivity index (χ0) is 18.7. The van der Waals surface area contributed by atoms with Crippen molar-refractivity contribution in [3.63, 3.8) is 0 Å². The van der Waals surface area contributed by atoms with Gasteiger partial charge in [-0.25, -0.2) is 4.39 Å². The summed E-state index contributed by atoms with van der Waals surface area (Å²) in [6.07, 6.45) is 6.35. The summed E-state index contributed by atoms with van der Waals surface area (Å²) in [7, 11) is 1.74. The Labute approximate surface area is 186 Å². The van der Waals surface area contributed by atoms with Crippen molar-refractivity contribution < 1.29 is 9.13 Å². The molecule has 1 aliphatic heterocycles. The van der Waals surface area contributed by atoms with Crippen LogP contribution in [0.4, 0.5) is 10.1 Å². The lowest BCUT2D eigenvalue weighted by Crippen LogP contribution is -2.56. The van der Waals surface area contributed by atoms with Crippen LogP contribution in [0.1, 0.15) is 37.7 Å². The van der Waals surface area contributed by atoms with Gasteiger partial charge in [-0.2, -0.15) is 0 Å². The van der Waals surface area contributed by atoms with E-state index in [9.17, 15) is 4.39 Å². The van der Waals surface area contributed by atoms with Crippen molar-refractivity contribution in [2.24, 2.45) is 0 Å². The molecule has 6 heteroatoms. The van der Waals surface area contributed by atoms with E-state index in [1.807, 2.05) is 18.2 Å². The average molecular weight is 441 g/mol. The minimum Gasteiger partial charge on any atom is -0.497 e. The predicted octanol–water partition coefficient (Wildman–Crippen LogP) is 5.66. The molecule has 0 amide bonds. The number of benzene rings is 2. The maximum Gasteiger partial charge on any atom is 0.123 e. The van der Waals surface area contributed by atoms with Crippen molar-refractivity contribution in [1.29, 1.82) is 0 Å². The summed E-state index contributed by atoms with van der Waals surface area (Å²) in [5.41, 5.74) is 2.65. The highest BCUT2D eigenvalue weighted by Gasteiger charge is 2.40. The first-order valence-electron chi connectivity index (χ1n) is 10.1. The van der Waals surface area contributed by atoms with E-state index in [4.69, 9.17) is 4.74 Å². The Bertz CT molecular complexity index is 758. The Morgan fingerprint density at radius 1 is 0.862 bits per heavy atom. The van der Waals surface area contributed by atoms with Gasteiger partial charge in [-0.1, -0.05) is 31.4 Å². The average Bonchev–Trinajstić information content (AvgIpc) is 2.75. The van der Waals surface area contributed by atoms with Gasteiger partial charge in [0.25, 0.3) is 0 Å². The molecule has 1 heterocycles. The van der Waals surface area contributed by atoms with E-state index >= 15 is 0 Å². The number of piperazine rings is 1. The summed E-state index contributed by atoms with van der Waals surface area (Å²) in [5, 5.41) is 0. The Kier molecular flexibility index (Phi) is 8.62. The maximum atomic E-state index is 13.2. The first-order chi connectivity index (χ1) is 13.2. The summed E-state index contributed by atoms with van der Waals surface area (Å²) in [6.45, 7) is 4.04. The molecule has 0 unspecified atom stereocenters. The molecule has 1 saturated carbocycles. The van der Waals surface area contributed by atoms with Gasteiger partial charge in [-0.05, 0) is 54.8 Å². The van der Waals surface area contributed by atoms with Crippen LogP contribution < -0.4 is 9.64 Å². The molecule has 2 aromatic rings. The van der Waals surface area contributed by atoms with Gasteiger partial charge >= 0.3 is 0 Å². The van der Waals surface area contributed by atoms with Crippen LogP contribution in [-0.4, -0.2) is 38.2 Å². The van der Waals surface area contributed by atoms with Gasteiger partial charge < -0.3 is 9.64 Å². The second-order valence-corrected chi connectivity index (χ2v) is 7.77. The van der Waals surface area contributed by atoms with Gasteiger partial charge in [0.2, 0.25) is 0 Å². The fourth-order valence-electron chi connectivity index (χ4n) is 4.88. The summed E-state index contributed by atoms with van der Waals surface area (Å²) < 4.78 is 18.7. The van der Waals surface area contributed by atoms with Gasteiger partial charge in [0.15, 0.2) is 0 Å². The van der Waals surface area contributed by atoms with Crippen LogP contribution in [0.5, 0.6) is 5.75 Å². The summed E-state index contributed by atoms with van der Waals surface area (Å²) in [4.78, 5) is 5.07. The highest BCUT2D eigenvalue weighted by Crippen LogP contribution is 2.43. The van der Waals surface area contributed by atoms with E-state index in [2.05, 4.69) is 28.0 Å². The second-order valence-electron chi connectivity index (χ2n) is 7.77. The maximum absolute atomic E-state index is 13.2. The highest BCUT2D eigenvalue weighted by atomic mass is 35.5. The van der Waals surface area contributed by atoms with Gasteiger partial charge in [0.05, 0.1) is 7.11 Å². The Balaban J connectivity index is 0.00000150.